The fraction of sp³-hybridized carbons (Fsp3) is 0.368. The maximum atomic E-state index is 3.63. The summed E-state index contributed by atoms with van der Waals surface area (Å²) in [5, 5.41) is 3.63. The number of rotatable bonds is 5. The van der Waals surface area contributed by atoms with E-state index in [1.54, 1.807) is 0 Å². The van der Waals surface area contributed by atoms with Crippen molar-refractivity contribution in [3.63, 3.8) is 0 Å². The van der Waals surface area contributed by atoms with Gasteiger partial charge in [-0.1, -0.05) is 54.1 Å². The van der Waals surface area contributed by atoms with Crippen LogP contribution in [0.5, 0.6) is 0 Å². The van der Waals surface area contributed by atoms with E-state index in [4.69, 9.17) is 0 Å². The van der Waals surface area contributed by atoms with Crippen molar-refractivity contribution >= 4 is 0 Å². The molecule has 3 rings (SSSR count). The fourth-order valence-corrected chi connectivity index (χ4v) is 2.70. The van der Waals surface area contributed by atoms with Gasteiger partial charge in [-0.2, -0.15) is 0 Å². The summed E-state index contributed by atoms with van der Waals surface area (Å²) in [6, 6.07) is 18.2. The molecule has 0 aromatic heterocycles. The van der Waals surface area contributed by atoms with Crippen LogP contribution < -0.4 is 5.32 Å². The highest BCUT2D eigenvalue weighted by atomic mass is 14.9. The summed E-state index contributed by atoms with van der Waals surface area (Å²) in [4.78, 5) is 0. The Morgan fingerprint density at radius 3 is 2.65 bits per heavy atom. The van der Waals surface area contributed by atoms with Crippen LogP contribution in [0.25, 0.3) is 0 Å². The smallest absolute Gasteiger partial charge is 0.0295 e. The van der Waals surface area contributed by atoms with Gasteiger partial charge in [0.25, 0.3) is 0 Å². The largest absolute Gasteiger partial charge is 0.306 e. The average Bonchev–Trinajstić information content (AvgIpc) is 3.30. The number of nitrogens with one attached hydrogen (secondary N) is 1. The lowest BCUT2D eigenvalue weighted by atomic mass is 10.0. The van der Waals surface area contributed by atoms with Gasteiger partial charge in [0.05, 0.1) is 0 Å². The maximum absolute atomic E-state index is 3.63. The molecule has 0 bridgehead atoms. The van der Waals surface area contributed by atoms with E-state index in [0.29, 0.717) is 6.04 Å². The molecule has 0 saturated heterocycles. The van der Waals surface area contributed by atoms with Crippen molar-refractivity contribution in [3.05, 3.63) is 70.8 Å². The minimum absolute atomic E-state index is 0.388. The zero-order valence-electron chi connectivity index (χ0n) is 12.4. The van der Waals surface area contributed by atoms with E-state index in [1.807, 2.05) is 0 Å². The van der Waals surface area contributed by atoms with E-state index in [9.17, 15) is 0 Å². The monoisotopic (exact) mass is 265 g/mol. The minimum Gasteiger partial charge on any atom is -0.306 e. The summed E-state index contributed by atoms with van der Waals surface area (Å²) in [7, 11) is 0. The molecule has 1 aliphatic carbocycles. The first kappa shape index (κ1) is 13.4. The van der Waals surface area contributed by atoms with Crippen LogP contribution in [0.1, 0.15) is 54.0 Å². The third-order valence-corrected chi connectivity index (χ3v) is 4.15. The zero-order valence-corrected chi connectivity index (χ0v) is 12.4. The molecule has 104 valence electrons. The van der Waals surface area contributed by atoms with E-state index in [1.165, 1.54) is 35.1 Å². The van der Waals surface area contributed by atoms with Crippen molar-refractivity contribution < 1.29 is 0 Å². The van der Waals surface area contributed by atoms with E-state index < -0.39 is 0 Å². The summed E-state index contributed by atoms with van der Waals surface area (Å²) in [5.41, 5.74) is 5.61. The Labute approximate surface area is 122 Å². The summed E-state index contributed by atoms with van der Waals surface area (Å²) < 4.78 is 0. The highest BCUT2D eigenvalue weighted by molar-refractivity contribution is 5.29. The lowest BCUT2D eigenvalue weighted by Gasteiger charge is -2.15. The second kappa shape index (κ2) is 5.80. The van der Waals surface area contributed by atoms with Crippen LogP contribution in [0.15, 0.2) is 48.5 Å². The Kier molecular flexibility index (Phi) is 3.88. The summed E-state index contributed by atoms with van der Waals surface area (Å²) in [6.45, 7) is 5.32. The molecule has 1 saturated carbocycles. The lowest BCUT2D eigenvalue weighted by molar-refractivity contribution is 0.574. The van der Waals surface area contributed by atoms with Crippen molar-refractivity contribution in [1.82, 2.24) is 5.32 Å². The Bertz CT molecular complexity index is 584. The van der Waals surface area contributed by atoms with Gasteiger partial charge in [-0.15, -0.1) is 0 Å². The van der Waals surface area contributed by atoms with Gasteiger partial charge in [0.15, 0.2) is 0 Å². The molecule has 0 radical (unpaired) electrons. The molecular weight excluding hydrogens is 242 g/mol. The molecule has 1 heteroatoms. The molecule has 2 aromatic rings. The lowest BCUT2D eigenvalue weighted by Crippen LogP contribution is -2.18. The van der Waals surface area contributed by atoms with E-state index in [0.717, 1.165) is 12.5 Å². The molecule has 1 atom stereocenters. The van der Waals surface area contributed by atoms with Crippen LogP contribution in [0.4, 0.5) is 0 Å². The van der Waals surface area contributed by atoms with Crippen LogP contribution in [0.2, 0.25) is 0 Å². The van der Waals surface area contributed by atoms with Gasteiger partial charge < -0.3 is 5.32 Å². The Balaban J connectivity index is 1.62. The van der Waals surface area contributed by atoms with Gasteiger partial charge in [-0.3, -0.25) is 0 Å². The molecule has 1 aliphatic rings. The molecule has 0 heterocycles. The van der Waals surface area contributed by atoms with Gasteiger partial charge in [-0.25, -0.2) is 0 Å². The quantitative estimate of drug-likeness (QED) is 0.824. The van der Waals surface area contributed by atoms with Crippen LogP contribution in [-0.2, 0) is 6.54 Å². The highest BCUT2D eigenvalue weighted by Gasteiger charge is 2.23. The van der Waals surface area contributed by atoms with E-state index in [2.05, 4.69) is 67.7 Å². The molecule has 1 nitrogen and oxygen atoms in total. The van der Waals surface area contributed by atoms with E-state index in [-0.39, 0.29) is 0 Å². The van der Waals surface area contributed by atoms with Crippen LogP contribution in [-0.4, -0.2) is 0 Å². The first-order valence-corrected chi connectivity index (χ1v) is 7.61. The van der Waals surface area contributed by atoms with Crippen molar-refractivity contribution in [2.75, 3.05) is 0 Å². The topological polar surface area (TPSA) is 12.0 Å². The Morgan fingerprint density at radius 1 is 1.10 bits per heavy atom. The van der Waals surface area contributed by atoms with Crippen molar-refractivity contribution in [3.8, 4) is 0 Å². The molecule has 0 aliphatic heterocycles. The summed E-state index contributed by atoms with van der Waals surface area (Å²) >= 11 is 0. The second-order valence-electron chi connectivity index (χ2n) is 6.04. The van der Waals surface area contributed by atoms with Crippen molar-refractivity contribution in [2.24, 2.45) is 0 Å². The summed E-state index contributed by atoms with van der Waals surface area (Å²) in [6.07, 6.45) is 2.74. The Hall–Kier alpha value is -1.60. The molecule has 1 N–H and O–H groups in total. The van der Waals surface area contributed by atoms with Crippen molar-refractivity contribution in [1.29, 1.82) is 0 Å². The predicted octanol–water partition coefficient (Wildman–Crippen LogP) is 4.72. The van der Waals surface area contributed by atoms with Gasteiger partial charge in [0.2, 0.25) is 0 Å². The third-order valence-electron chi connectivity index (χ3n) is 4.15. The molecular formula is C19H23N. The van der Waals surface area contributed by atoms with Gasteiger partial charge in [0.1, 0.15) is 0 Å². The minimum atomic E-state index is 0.388. The maximum Gasteiger partial charge on any atom is 0.0295 e. The second-order valence-corrected chi connectivity index (χ2v) is 6.04. The van der Waals surface area contributed by atoms with Gasteiger partial charge in [-0.05, 0) is 49.3 Å². The SMILES string of the molecule is Cc1cccc([C@H](C)NCc2cccc(C3CC3)c2)c1. The number of hydrogen-bond acceptors (Lipinski definition) is 1. The van der Waals surface area contributed by atoms with E-state index >= 15 is 0 Å². The third kappa shape index (κ3) is 3.29. The first-order valence-electron chi connectivity index (χ1n) is 7.61. The molecule has 0 spiro atoms. The van der Waals surface area contributed by atoms with Gasteiger partial charge >= 0.3 is 0 Å². The number of benzene rings is 2. The fourth-order valence-electron chi connectivity index (χ4n) is 2.70. The van der Waals surface area contributed by atoms with Crippen LogP contribution in [0, 0.1) is 6.92 Å². The standard InChI is InChI=1S/C19H23N/c1-14-5-3-7-18(11-14)15(2)20-13-16-6-4-8-19(12-16)17-9-10-17/h3-8,11-12,15,17,20H,9-10,13H2,1-2H3/t15-/m0/s1. The van der Waals surface area contributed by atoms with Crippen LogP contribution >= 0.6 is 0 Å². The summed E-state index contributed by atoms with van der Waals surface area (Å²) in [5.74, 6) is 0.837. The molecule has 1 fully saturated rings. The van der Waals surface area contributed by atoms with Crippen LogP contribution in [0.3, 0.4) is 0 Å². The first-order chi connectivity index (χ1) is 9.72. The molecule has 0 amide bonds. The van der Waals surface area contributed by atoms with Crippen molar-refractivity contribution in [2.45, 2.75) is 45.2 Å². The molecule has 0 unspecified atom stereocenters. The number of hydrogen-bond donors (Lipinski definition) is 1. The zero-order chi connectivity index (χ0) is 13.9. The molecule has 20 heavy (non-hydrogen) atoms. The highest BCUT2D eigenvalue weighted by Crippen LogP contribution is 2.40. The number of aryl methyl sites for hydroxylation is 1. The molecule has 2 aromatic carbocycles. The van der Waals surface area contributed by atoms with Gasteiger partial charge in [0, 0.05) is 12.6 Å². The average molecular weight is 265 g/mol. The predicted molar refractivity (Wildman–Crippen MR) is 84.9 cm³/mol. The Morgan fingerprint density at radius 2 is 1.90 bits per heavy atom. The normalized spacial score (nSPS) is 16.1.